The zero-order valence-electron chi connectivity index (χ0n) is 7.81. The second-order valence-electron chi connectivity index (χ2n) is 3.14. The fraction of sp³-hybridized carbons (Fsp3) is 0.100. The van der Waals surface area contributed by atoms with E-state index in [1.54, 1.807) is 6.92 Å². The van der Waals surface area contributed by atoms with Crippen molar-refractivity contribution in [1.29, 1.82) is 0 Å². The van der Waals surface area contributed by atoms with Crippen molar-refractivity contribution in [3.8, 4) is 11.4 Å². The Labute approximate surface area is 83.8 Å². The van der Waals surface area contributed by atoms with Crippen molar-refractivity contribution < 1.29 is 13.2 Å². The zero-order valence-corrected chi connectivity index (χ0v) is 7.81. The molecule has 78 valence electrons. The minimum Gasteiger partial charge on any atom is -0.342 e. The zero-order chi connectivity index (χ0) is 11.0. The molecule has 0 radical (unpaired) electrons. The molecule has 0 bridgehead atoms. The third-order valence-electron chi connectivity index (χ3n) is 1.99. The molecule has 15 heavy (non-hydrogen) atoms. The number of aromatic nitrogens is 2. The fourth-order valence-electron chi connectivity index (χ4n) is 1.26. The van der Waals surface area contributed by atoms with Gasteiger partial charge in [-0.15, -0.1) is 0 Å². The molecule has 2 rings (SSSR count). The summed E-state index contributed by atoms with van der Waals surface area (Å²) >= 11 is 0. The van der Waals surface area contributed by atoms with Crippen LogP contribution in [0.5, 0.6) is 0 Å². The van der Waals surface area contributed by atoms with Crippen molar-refractivity contribution in [1.82, 2.24) is 9.97 Å². The van der Waals surface area contributed by atoms with Crippen LogP contribution in [-0.4, -0.2) is 9.97 Å². The number of H-pyrrole nitrogens is 1. The lowest BCUT2D eigenvalue weighted by Crippen LogP contribution is -1.94. The van der Waals surface area contributed by atoms with Crippen LogP contribution in [0.15, 0.2) is 18.3 Å². The summed E-state index contributed by atoms with van der Waals surface area (Å²) in [6, 6.07) is 2.01. The van der Waals surface area contributed by atoms with Gasteiger partial charge in [-0.25, -0.2) is 18.2 Å². The number of halogens is 3. The Morgan fingerprint density at radius 3 is 2.47 bits per heavy atom. The second kappa shape index (κ2) is 3.42. The molecule has 0 spiro atoms. The van der Waals surface area contributed by atoms with Gasteiger partial charge in [0.25, 0.3) is 0 Å². The Morgan fingerprint density at radius 1 is 1.13 bits per heavy atom. The molecule has 1 aromatic carbocycles. The van der Waals surface area contributed by atoms with Crippen molar-refractivity contribution in [2.75, 3.05) is 0 Å². The summed E-state index contributed by atoms with van der Waals surface area (Å²) in [6.07, 6.45) is 1.48. The lowest BCUT2D eigenvalue weighted by molar-refractivity contribution is 0.448. The highest BCUT2D eigenvalue weighted by molar-refractivity contribution is 5.56. The largest absolute Gasteiger partial charge is 0.342 e. The minimum absolute atomic E-state index is 0.0815. The summed E-state index contributed by atoms with van der Waals surface area (Å²) in [4.78, 5) is 6.57. The first-order valence-electron chi connectivity index (χ1n) is 4.25. The number of rotatable bonds is 1. The SMILES string of the molecule is Cc1cnc(-c2ccc(F)c(F)c2F)[nH]1. The Balaban J connectivity index is 2.59. The van der Waals surface area contributed by atoms with E-state index in [1.165, 1.54) is 6.20 Å². The molecule has 0 aliphatic rings. The Kier molecular flexibility index (Phi) is 2.22. The van der Waals surface area contributed by atoms with Crippen LogP contribution >= 0.6 is 0 Å². The first kappa shape index (κ1) is 9.76. The number of hydrogen-bond acceptors (Lipinski definition) is 1. The van der Waals surface area contributed by atoms with Crippen molar-refractivity contribution in [3.63, 3.8) is 0 Å². The van der Waals surface area contributed by atoms with E-state index < -0.39 is 17.5 Å². The number of benzene rings is 1. The van der Waals surface area contributed by atoms with Crippen molar-refractivity contribution >= 4 is 0 Å². The van der Waals surface area contributed by atoms with Gasteiger partial charge in [0, 0.05) is 11.9 Å². The van der Waals surface area contributed by atoms with E-state index in [2.05, 4.69) is 9.97 Å². The molecule has 0 aliphatic heterocycles. The second-order valence-corrected chi connectivity index (χ2v) is 3.14. The number of aromatic amines is 1. The Morgan fingerprint density at radius 2 is 1.87 bits per heavy atom. The molecule has 0 aliphatic carbocycles. The lowest BCUT2D eigenvalue weighted by Gasteiger charge is -2.01. The number of nitrogens with zero attached hydrogens (tertiary/aromatic N) is 1. The van der Waals surface area contributed by atoms with Gasteiger partial charge in [-0.1, -0.05) is 0 Å². The quantitative estimate of drug-likeness (QED) is 0.723. The first-order valence-corrected chi connectivity index (χ1v) is 4.25. The van der Waals surface area contributed by atoms with E-state index in [0.717, 1.165) is 12.1 Å². The third-order valence-corrected chi connectivity index (χ3v) is 1.99. The average molecular weight is 212 g/mol. The van der Waals surface area contributed by atoms with Gasteiger partial charge in [-0.2, -0.15) is 0 Å². The molecule has 1 N–H and O–H groups in total. The lowest BCUT2D eigenvalue weighted by atomic mass is 10.2. The summed E-state index contributed by atoms with van der Waals surface area (Å²) in [5, 5.41) is 0. The summed E-state index contributed by atoms with van der Waals surface area (Å²) < 4.78 is 38.8. The van der Waals surface area contributed by atoms with Crippen molar-refractivity contribution in [3.05, 3.63) is 41.5 Å². The molecule has 0 saturated carbocycles. The van der Waals surface area contributed by atoms with E-state index in [-0.39, 0.29) is 11.4 Å². The molecule has 0 atom stereocenters. The first-order chi connectivity index (χ1) is 7.09. The molecule has 0 unspecified atom stereocenters. The van der Waals surface area contributed by atoms with Gasteiger partial charge in [-0.05, 0) is 19.1 Å². The van der Waals surface area contributed by atoms with Gasteiger partial charge in [0.1, 0.15) is 5.82 Å². The summed E-state index contributed by atoms with van der Waals surface area (Å²) in [6.45, 7) is 1.73. The molecule has 0 saturated heterocycles. The van der Waals surface area contributed by atoms with Gasteiger partial charge < -0.3 is 4.98 Å². The number of imidazole rings is 1. The molecule has 1 aromatic heterocycles. The van der Waals surface area contributed by atoms with Crippen LogP contribution in [0.3, 0.4) is 0 Å². The normalized spacial score (nSPS) is 10.7. The maximum Gasteiger partial charge on any atom is 0.195 e. The van der Waals surface area contributed by atoms with E-state index in [4.69, 9.17) is 0 Å². The van der Waals surface area contributed by atoms with Gasteiger partial charge >= 0.3 is 0 Å². The Hall–Kier alpha value is -1.78. The van der Waals surface area contributed by atoms with E-state index in [9.17, 15) is 13.2 Å². The predicted octanol–water partition coefficient (Wildman–Crippen LogP) is 2.80. The standard InChI is InChI=1S/C10H7F3N2/c1-5-4-14-10(15-5)6-2-3-7(11)9(13)8(6)12/h2-4H,1H3,(H,14,15). The molecule has 2 nitrogen and oxygen atoms in total. The smallest absolute Gasteiger partial charge is 0.195 e. The summed E-state index contributed by atoms with van der Waals surface area (Å²) in [5.41, 5.74) is 0.635. The van der Waals surface area contributed by atoms with E-state index in [1.807, 2.05) is 0 Å². The van der Waals surface area contributed by atoms with E-state index >= 15 is 0 Å². The highest BCUT2D eigenvalue weighted by Crippen LogP contribution is 2.23. The summed E-state index contributed by atoms with van der Waals surface area (Å²) in [5.74, 6) is -3.74. The van der Waals surface area contributed by atoms with Crippen molar-refractivity contribution in [2.45, 2.75) is 6.92 Å². The number of aryl methyl sites for hydroxylation is 1. The van der Waals surface area contributed by atoms with Crippen molar-refractivity contribution in [2.24, 2.45) is 0 Å². The number of hydrogen-bond donors (Lipinski definition) is 1. The highest BCUT2D eigenvalue weighted by atomic mass is 19.2. The molecular weight excluding hydrogens is 205 g/mol. The molecule has 1 heterocycles. The molecule has 0 amide bonds. The highest BCUT2D eigenvalue weighted by Gasteiger charge is 2.16. The van der Waals surface area contributed by atoms with E-state index in [0.29, 0.717) is 5.69 Å². The van der Waals surface area contributed by atoms with Crippen LogP contribution < -0.4 is 0 Å². The van der Waals surface area contributed by atoms with Gasteiger partial charge in [-0.3, -0.25) is 0 Å². The van der Waals surface area contributed by atoms with Crippen LogP contribution in [0, 0.1) is 24.4 Å². The van der Waals surface area contributed by atoms with Crippen LogP contribution in [-0.2, 0) is 0 Å². The maximum absolute atomic E-state index is 13.3. The van der Waals surface area contributed by atoms with Crippen LogP contribution in [0.1, 0.15) is 5.69 Å². The topological polar surface area (TPSA) is 28.7 Å². The monoisotopic (exact) mass is 212 g/mol. The molecular formula is C10H7F3N2. The van der Waals surface area contributed by atoms with Crippen LogP contribution in [0.25, 0.3) is 11.4 Å². The van der Waals surface area contributed by atoms with Crippen LogP contribution in [0.2, 0.25) is 0 Å². The molecule has 5 heteroatoms. The minimum atomic E-state index is -1.48. The van der Waals surface area contributed by atoms with Crippen LogP contribution in [0.4, 0.5) is 13.2 Å². The van der Waals surface area contributed by atoms with Gasteiger partial charge in [0.15, 0.2) is 17.5 Å². The maximum atomic E-state index is 13.3. The van der Waals surface area contributed by atoms with Gasteiger partial charge in [0.2, 0.25) is 0 Å². The summed E-state index contributed by atoms with van der Waals surface area (Å²) in [7, 11) is 0. The third kappa shape index (κ3) is 1.60. The number of nitrogens with one attached hydrogen (secondary N) is 1. The Bertz CT molecular complexity index is 505. The molecule has 2 aromatic rings. The van der Waals surface area contributed by atoms with Gasteiger partial charge in [0.05, 0.1) is 5.56 Å². The average Bonchev–Trinajstić information content (AvgIpc) is 2.61. The molecule has 0 fully saturated rings. The fourth-order valence-corrected chi connectivity index (χ4v) is 1.26. The predicted molar refractivity (Wildman–Crippen MR) is 48.6 cm³/mol.